The number of carbonyl (C=O) groups excluding carboxylic acids is 1. The number of rotatable bonds is 7. The average Bonchev–Trinajstić information content (AvgIpc) is 3.42. The third-order valence-corrected chi connectivity index (χ3v) is 7.04. The van der Waals surface area contributed by atoms with Gasteiger partial charge >= 0.3 is 0 Å². The van der Waals surface area contributed by atoms with E-state index in [-0.39, 0.29) is 18.1 Å². The van der Waals surface area contributed by atoms with Crippen LogP contribution in [0.15, 0.2) is 36.5 Å². The number of halogens is 2. The van der Waals surface area contributed by atoms with Crippen LogP contribution in [-0.2, 0) is 16.1 Å². The van der Waals surface area contributed by atoms with Crippen LogP contribution in [0.4, 0.5) is 10.1 Å². The fraction of sp³-hybridized carbons (Fsp3) is 0.409. The Morgan fingerprint density at radius 1 is 1.31 bits per heavy atom. The largest absolute Gasteiger partial charge is 0.625 e. The molecule has 11 nitrogen and oxygen atoms in total. The summed E-state index contributed by atoms with van der Waals surface area (Å²) in [6.45, 7) is 2.76. The fourth-order valence-corrected chi connectivity index (χ4v) is 4.50. The minimum atomic E-state index is -0.896. The second-order valence-corrected chi connectivity index (χ2v) is 9.66. The van der Waals surface area contributed by atoms with Crippen LogP contribution in [0.2, 0.25) is 0 Å². The number of alkyl halides is 1. The predicted octanol–water partition coefficient (Wildman–Crippen LogP) is 2.46. The fourth-order valence-electron chi connectivity index (χ4n) is 3.61. The standard InChI is InChI=1S/C22H26FIN8O3/c1-14(33)30(4)20-13-32(34,22(24)35-20)16-6-7-17(18(23)11-16)15-5-8-19(25-12-15)21-26-28-31(27-21)10-9-29(2)3/h5-8,11-12,20,22H,9-10,13H2,1-4H3/t20-,22?,32?/m1/s1. The lowest BCUT2D eigenvalue weighted by molar-refractivity contribution is -0.137. The molecule has 2 aromatic heterocycles. The summed E-state index contributed by atoms with van der Waals surface area (Å²) in [4.78, 5) is 20.9. The summed E-state index contributed by atoms with van der Waals surface area (Å²) in [6, 6.07) is 7.79. The first-order valence-corrected chi connectivity index (χ1v) is 12.1. The number of amides is 1. The summed E-state index contributed by atoms with van der Waals surface area (Å²) in [5.74, 6) is -0.378. The van der Waals surface area contributed by atoms with Gasteiger partial charge in [0.1, 0.15) is 23.7 Å². The first kappa shape index (κ1) is 25.5. The molecule has 1 amide bonds. The van der Waals surface area contributed by atoms with E-state index >= 15 is 4.39 Å². The van der Waals surface area contributed by atoms with Crippen molar-refractivity contribution in [1.82, 2.24) is 39.6 Å². The summed E-state index contributed by atoms with van der Waals surface area (Å²) in [6.07, 6.45) is 0.855. The zero-order chi connectivity index (χ0) is 25.3. The van der Waals surface area contributed by atoms with Gasteiger partial charge in [0.15, 0.2) is 6.23 Å². The molecule has 0 radical (unpaired) electrons. The van der Waals surface area contributed by atoms with Crippen LogP contribution >= 0.6 is 22.6 Å². The van der Waals surface area contributed by atoms with Gasteiger partial charge in [-0.05, 0) is 31.4 Å². The molecule has 3 aromatic rings. The molecular weight excluding hydrogens is 570 g/mol. The second kappa shape index (κ2) is 10.2. The van der Waals surface area contributed by atoms with Gasteiger partial charge in [0.2, 0.25) is 11.7 Å². The highest BCUT2D eigenvalue weighted by Gasteiger charge is 2.44. The Bertz CT molecular complexity index is 1210. The normalized spacial score (nSPS) is 22.1. The van der Waals surface area contributed by atoms with Gasteiger partial charge in [-0.15, -0.1) is 10.2 Å². The van der Waals surface area contributed by atoms with Crippen molar-refractivity contribution in [3.63, 3.8) is 0 Å². The minimum Gasteiger partial charge on any atom is -0.625 e. The average molecular weight is 596 g/mol. The maximum atomic E-state index is 15.1. The molecule has 1 saturated heterocycles. The number of quaternary nitrogens is 1. The van der Waals surface area contributed by atoms with Gasteiger partial charge in [-0.1, -0.05) is 6.07 Å². The van der Waals surface area contributed by atoms with Gasteiger partial charge in [0.25, 0.3) is 4.23 Å². The smallest absolute Gasteiger partial charge is 0.251 e. The monoisotopic (exact) mass is 596 g/mol. The number of tetrazole rings is 1. The van der Waals surface area contributed by atoms with E-state index in [0.717, 1.165) is 6.54 Å². The van der Waals surface area contributed by atoms with Gasteiger partial charge in [-0.2, -0.15) is 4.80 Å². The molecule has 186 valence electrons. The molecule has 2 unspecified atom stereocenters. The van der Waals surface area contributed by atoms with Crippen molar-refractivity contribution in [1.29, 1.82) is 0 Å². The Morgan fingerprint density at radius 3 is 2.71 bits per heavy atom. The number of pyridine rings is 1. The molecule has 0 N–H and O–H groups in total. The number of ether oxygens (including phenoxy) is 1. The number of benzene rings is 1. The number of hydroxylamine groups is 2. The Hall–Kier alpha value is -2.59. The minimum absolute atomic E-state index is 0.0268. The van der Waals surface area contributed by atoms with Crippen LogP contribution in [0, 0.1) is 11.0 Å². The van der Waals surface area contributed by atoms with Crippen molar-refractivity contribution in [2.45, 2.75) is 23.9 Å². The van der Waals surface area contributed by atoms with E-state index in [1.54, 1.807) is 31.3 Å². The Kier molecular flexibility index (Phi) is 7.42. The van der Waals surface area contributed by atoms with Crippen molar-refractivity contribution in [2.24, 2.45) is 0 Å². The number of nitrogens with zero attached hydrogens (tertiary/aromatic N) is 8. The number of hydrogen-bond donors (Lipinski definition) is 0. The molecule has 1 aliphatic rings. The molecule has 1 aromatic carbocycles. The molecule has 3 heterocycles. The lowest BCUT2D eigenvalue weighted by Gasteiger charge is -2.39. The summed E-state index contributed by atoms with van der Waals surface area (Å²) >= 11 is 1.88. The lowest BCUT2D eigenvalue weighted by Crippen LogP contribution is -2.47. The number of hydrogen-bond acceptors (Lipinski definition) is 8. The highest BCUT2D eigenvalue weighted by molar-refractivity contribution is 14.1. The maximum absolute atomic E-state index is 15.1. The summed E-state index contributed by atoms with van der Waals surface area (Å²) in [7, 11) is 5.50. The summed E-state index contributed by atoms with van der Waals surface area (Å²) in [5.41, 5.74) is 1.60. The number of likely N-dealkylation sites (N-methyl/N-ethyl adjacent to an activating group) is 2. The van der Waals surface area contributed by atoms with Gasteiger partial charge in [0, 0.05) is 72.6 Å². The summed E-state index contributed by atoms with van der Waals surface area (Å²) < 4.78 is 19.1. The Morgan fingerprint density at radius 2 is 2.09 bits per heavy atom. The highest BCUT2D eigenvalue weighted by Crippen LogP contribution is 2.38. The molecule has 13 heteroatoms. The van der Waals surface area contributed by atoms with E-state index in [1.807, 2.05) is 41.6 Å². The molecule has 3 atom stereocenters. The van der Waals surface area contributed by atoms with Crippen LogP contribution in [0.5, 0.6) is 0 Å². The highest BCUT2D eigenvalue weighted by atomic mass is 127. The van der Waals surface area contributed by atoms with E-state index in [0.29, 0.717) is 29.2 Å². The second-order valence-electron chi connectivity index (χ2n) is 8.60. The van der Waals surface area contributed by atoms with E-state index in [1.165, 1.54) is 28.9 Å². The van der Waals surface area contributed by atoms with Gasteiger partial charge in [0.05, 0.1) is 6.54 Å². The molecule has 1 fully saturated rings. The van der Waals surface area contributed by atoms with Crippen molar-refractivity contribution >= 4 is 34.2 Å². The van der Waals surface area contributed by atoms with Crippen LogP contribution in [0.25, 0.3) is 22.6 Å². The van der Waals surface area contributed by atoms with Crippen LogP contribution in [-0.4, -0.2) is 85.6 Å². The molecule has 1 aliphatic heterocycles. The number of aromatic nitrogens is 5. The first-order valence-electron chi connectivity index (χ1n) is 10.9. The Balaban J connectivity index is 1.52. The third kappa shape index (κ3) is 5.33. The van der Waals surface area contributed by atoms with Crippen molar-refractivity contribution in [2.75, 3.05) is 34.2 Å². The van der Waals surface area contributed by atoms with Gasteiger partial charge in [-0.25, -0.2) is 4.39 Å². The van der Waals surface area contributed by atoms with Crippen molar-refractivity contribution in [3.05, 3.63) is 47.6 Å². The topological polar surface area (TPSA) is 112 Å². The van der Waals surface area contributed by atoms with Crippen LogP contribution in [0.3, 0.4) is 0 Å². The maximum Gasteiger partial charge on any atom is 0.251 e. The predicted molar refractivity (Wildman–Crippen MR) is 136 cm³/mol. The zero-order valence-corrected chi connectivity index (χ0v) is 22.0. The summed E-state index contributed by atoms with van der Waals surface area (Å²) in [5, 5.41) is 25.9. The van der Waals surface area contributed by atoms with Crippen molar-refractivity contribution in [3.8, 4) is 22.6 Å². The molecule has 0 spiro atoms. The molecule has 0 aliphatic carbocycles. The zero-order valence-electron chi connectivity index (χ0n) is 19.8. The molecule has 35 heavy (non-hydrogen) atoms. The van der Waals surface area contributed by atoms with Gasteiger partial charge < -0.3 is 15.0 Å². The SMILES string of the molecule is CC(=O)N(C)[C@H]1C[N+]([O-])(c2ccc(-c3ccc(-c4nnn(CCN(C)C)n4)nc3)c(F)c2)C(I)O1. The van der Waals surface area contributed by atoms with E-state index in [9.17, 15) is 10.0 Å². The lowest BCUT2D eigenvalue weighted by atomic mass is 10.1. The van der Waals surface area contributed by atoms with E-state index < -0.39 is 20.9 Å². The number of carbonyl (C=O) groups is 1. The Labute approximate surface area is 215 Å². The quantitative estimate of drug-likeness (QED) is 0.135. The molecule has 0 bridgehead atoms. The molecule has 0 saturated carbocycles. The molecule has 4 rings (SSSR count). The van der Waals surface area contributed by atoms with E-state index in [4.69, 9.17) is 4.74 Å². The van der Waals surface area contributed by atoms with Gasteiger partial charge in [-0.3, -0.25) is 19.2 Å². The van der Waals surface area contributed by atoms with Crippen LogP contribution < -0.4 is 4.65 Å². The third-order valence-electron chi connectivity index (χ3n) is 5.85. The van der Waals surface area contributed by atoms with Crippen LogP contribution in [0.1, 0.15) is 6.92 Å². The van der Waals surface area contributed by atoms with Crippen molar-refractivity contribution < 1.29 is 13.9 Å². The van der Waals surface area contributed by atoms with E-state index in [2.05, 4.69) is 20.4 Å². The first-order chi connectivity index (χ1) is 16.6. The molecular formula is C22H26FIN8O3.